The van der Waals surface area contributed by atoms with Crippen LogP contribution in [0.15, 0.2) is 5.16 Å². The molecule has 3 rings (SSSR count). The Morgan fingerprint density at radius 1 is 1.22 bits per heavy atom. The Balaban J connectivity index is 1.59. The highest BCUT2D eigenvalue weighted by molar-refractivity contribution is 7.98. The van der Waals surface area contributed by atoms with Crippen LogP contribution in [0.1, 0.15) is 37.2 Å². The third-order valence-corrected chi connectivity index (χ3v) is 5.78. The van der Waals surface area contributed by atoms with Gasteiger partial charge >= 0.3 is 0 Å². The van der Waals surface area contributed by atoms with E-state index in [0.29, 0.717) is 23.9 Å². The minimum Gasteiger partial charge on any atom is -0.355 e. The Kier molecular flexibility index (Phi) is 6.37. The molecule has 0 bridgehead atoms. The van der Waals surface area contributed by atoms with Gasteiger partial charge in [-0.15, -0.1) is 5.10 Å². The molecule has 1 N–H and O–H groups in total. The zero-order chi connectivity index (χ0) is 19.6. The molecule has 1 aliphatic heterocycles. The van der Waals surface area contributed by atoms with E-state index in [9.17, 15) is 4.79 Å². The van der Waals surface area contributed by atoms with Crippen molar-refractivity contribution in [1.82, 2.24) is 29.8 Å². The Morgan fingerprint density at radius 2 is 1.93 bits per heavy atom. The second-order valence-corrected chi connectivity index (χ2v) is 8.58. The van der Waals surface area contributed by atoms with E-state index in [2.05, 4.69) is 39.1 Å². The SMILES string of the molecule is CSc1nc2nc(C)c(CC(=O)NCCN3CC(C)CC(C)C3)c(C)n2n1. The van der Waals surface area contributed by atoms with Gasteiger partial charge in [-0.05, 0) is 38.4 Å². The van der Waals surface area contributed by atoms with Crippen LogP contribution in [-0.2, 0) is 11.2 Å². The van der Waals surface area contributed by atoms with Crippen molar-refractivity contribution >= 4 is 23.4 Å². The van der Waals surface area contributed by atoms with Gasteiger partial charge in [0.15, 0.2) is 0 Å². The van der Waals surface area contributed by atoms with Gasteiger partial charge in [0.1, 0.15) is 0 Å². The molecule has 0 aromatic carbocycles. The molecule has 0 saturated carbocycles. The van der Waals surface area contributed by atoms with Gasteiger partial charge in [0.2, 0.25) is 11.1 Å². The number of hydrogen-bond acceptors (Lipinski definition) is 6. The molecule has 3 heterocycles. The summed E-state index contributed by atoms with van der Waals surface area (Å²) in [5.74, 6) is 2.10. The van der Waals surface area contributed by atoms with Gasteiger partial charge in [-0.3, -0.25) is 4.79 Å². The summed E-state index contributed by atoms with van der Waals surface area (Å²) in [5.41, 5.74) is 2.70. The zero-order valence-electron chi connectivity index (χ0n) is 16.9. The lowest BCUT2D eigenvalue weighted by Crippen LogP contribution is -2.43. The van der Waals surface area contributed by atoms with Crippen LogP contribution in [0, 0.1) is 25.7 Å². The zero-order valence-corrected chi connectivity index (χ0v) is 17.8. The van der Waals surface area contributed by atoms with Crippen LogP contribution < -0.4 is 5.32 Å². The van der Waals surface area contributed by atoms with E-state index >= 15 is 0 Å². The summed E-state index contributed by atoms with van der Waals surface area (Å²) in [4.78, 5) is 23.8. The average molecular weight is 391 g/mol. The van der Waals surface area contributed by atoms with Crippen molar-refractivity contribution < 1.29 is 4.79 Å². The van der Waals surface area contributed by atoms with E-state index in [1.165, 1.54) is 18.2 Å². The second kappa shape index (κ2) is 8.56. The molecular formula is C19H30N6OS. The number of nitrogens with one attached hydrogen (secondary N) is 1. The topological polar surface area (TPSA) is 75.4 Å². The van der Waals surface area contributed by atoms with Gasteiger partial charge < -0.3 is 10.2 Å². The molecule has 1 aliphatic rings. The van der Waals surface area contributed by atoms with E-state index in [4.69, 9.17) is 0 Å². The summed E-state index contributed by atoms with van der Waals surface area (Å²) in [5, 5.41) is 8.21. The maximum absolute atomic E-state index is 12.5. The standard InChI is InChI=1S/C19H30N6OS/c1-12-8-13(2)11-24(10-12)7-6-20-17(26)9-16-14(3)21-18-22-19(27-5)23-25(18)15(16)4/h12-13H,6-11H2,1-5H3,(H,20,26). The van der Waals surface area contributed by atoms with Gasteiger partial charge in [0.05, 0.1) is 6.42 Å². The first kappa shape index (κ1) is 20.1. The van der Waals surface area contributed by atoms with E-state index in [-0.39, 0.29) is 5.91 Å². The Labute approximate surface area is 165 Å². The Morgan fingerprint density at radius 3 is 2.59 bits per heavy atom. The summed E-state index contributed by atoms with van der Waals surface area (Å²) in [6.07, 6.45) is 3.56. The van der Waals surface area contributed by atoms with E-state index < -0.39 is 0 Å². The van der Waals surface area contributed by atoms with Crippen LogP contribution in [-0.4, -0.2) is 62.8 Å². The molecule has 8 heteroatoms. The average Bonchev–Trinajstić information content (AvgIpc) is 3.01. The number of amides is 1. The van der Waals surface area contributed by atoms with Crippen molar-refractivity contribution in [1.29, 1.82) is 0 Å². The van der Waals surface area contributed by atoms with Gasteiger partial charge in [0, 0.05) is 43.1 Å². The van der Waals surface area contributed by atoms with Gasteiger partial charge in [-0.1, -0.05) is 25.6 Å². The fourth-order valence-corrected chi connectivity index (χ4v) is 4.42. The molecule has 0 radical (unpaired) electrons. The highest BCUT2D eigenvalue weighted by Gasteiger charge is 2.21. The van der Waals surface area contributed by atoms with Crippen LogP contribution in [0.3, 0.4) is 0 Å². The number of aryl methyl sites for hydroxylation is 2. The number of thioether (sulfide) groups is 1. The van der Waals surface area contributed by atoms with Crippen LogP contribution in [0.4, 0.5) is 0 Å². The first-order chi connectivity index (χ1) is 12.9. The third kappa shape index (κ3) is 4.79. The van der Waals surface area contributed by atoms with E-state index in [1.807, 2.05) is 20.1 Å². The summed E-state index contributed by atoms with van der Waals surface area (Å²) in [6.45, 7) is 12.4. The monoisotopic (exact) mass is 390 g/mol. The molecule has 148 valence electrons. The van der Waals surface area contributed by atoms with Crippen molar-refractivity contribution in [3.05, 3.63) is 17.0 Å². The number of nitrogens with zero attached hydrogens (tertiary/aromatic N) is 5. The molecule has 1 fully saturated rings. The first-order valence-electron chi connectivity index (χ1n) is 9.63. The molecule has 2 atom stereocenters. The van der Waals surface area contributed by atoms with Crippen LogP contribution in [0.2, 0.25) is 0 Å². The number of hydrogen-bond donors (Lipinski definition) is 1. The highest BCUT2D eigenvalue weighted by Crippen LogP contribution is 2.20. The summed E-state index contributed by atoms with van der Waals surface area (Å²) in [7, 11) is 0. The van der Waals surface area contributed by atoms with Crippen LogP contribution in [0.5, 0.6) is 0 Å². The fraction of sp³-hybridized carbons (Fsp3) is 0.684. The van der Waals surface area contributed by atoms with E-state index in [1.54, 1.807) is 4.52 Å². The molecule has 7 nitrogen and oxygen atoms in total. The molecular weight excluding hydrogens is 360 g/mol. The third-order valence-electron chi connectivity index (χ3n) is 5.24. The molecule has 27 heavy (non-hydrogen) atoms. The number of fused-ring (bicyclic) bond motifs is 1. The Hall–Kier alpha value is -1.67. The van der Waals surface area contributed by atoms with Crippen molar-refractivity contribution in [2.24, 2.45) is 11.8 Å². The maximum Gasteiger partial charge on any atom is 0.253 e. The first-order valence-corrected chi connectivity index (χ1v) is 10.9. The second-order valence-electron chi connectivity index (χ2n) is 7.80. The maximum atomic E-state index is 12.5. The molecule has 2 aromatic rings. The summed E-state index contributed by atoms with van der Waals surface area (Å²) < 4.78 is 1.73. The molecule has 2 aromatic heterocycles. The molecule has 0 spiro atoms. The lowest BCUT2D eigenvalue weighted by molar-refractivity contribution is -0.120. The van der Waals surface area contributed by atoms with Crippen LogP contribution in [0.25, 0.3) is 5.78 Å². The minimum absolute atomic E-state index is 0.0330. The number of likely N-dealkylation sites (tertiary alicyclic amines) is 1. The fourth-order valence-electron chi connectivity index (χ4n) is 4.08. The molecule has 2 unspecified atom stereocenters. The smallest absolute Gasteiger partial charge is 0.253 e. The number of aromatic nitrogens is 4. The van der Waals surface area contributed by atoms with Gasteiger partial charge in [-0.2, -0.15) is 4.98 Å². The predicted octanol–water partition coefficient (Wildman–Crippen LogP) is 2.10. The predicted molar refractivity (Wildman–Crippen MR) is 108 cm³/mol. The quantitative estimate of drug-likeness (QED) is 0.762. The van der Waals surface area contributed by atoms with Crippen molar-refractivity contribution in [2.75, 3.05) is 32.4 Å². The molecule has 1 amide bonds. The van der Waals surface area contributed by atoms with Crippen molar-refractivity contribution in [2.45, 2.75) is 45.7 Å². The number of carbonyl (C=O) groups is 1. The summed E-state index contributed by atoms with van der Waals surface area (Å²) in [6, 6.07) is 0. The lowest BCUT2D eigenvalue weighted by atomic mass is 9.92. The van der Waals surface area contributed by atoms with Gasteiger partial charge in [-0.25, -0.2) is 9.50 Å². The Bertz CT molecular complexity index is 810. The number of rotatable bonds is 6. The van der Waals surface area contributed by atoms with Crippen molar-refractivity contribution in [3.63, 3.8) is 0 Å². The number of carbonyl (C=O) groups excluding carboxylic acids is 1. The largest absolute Gasteiger partial charge is 0.355 e. The van der Waals surface area contributed by atoms with Crippen LogP contribution >= 0.6 is 11.8 Å². The normalized spacial score (nSPS) is 20.9. The van der Waals surface area contributed by atoms with Gasteiger partial charge in [0.25, 0.3) is 5.78 Å². The molecule has 0 aliphatic carbocycles. The minimum atomic E-state index is 0.0330. The molecule has 1 saturated heterocycles. The summed E-state index contributed by atoms with van der Waals surface area (Å²) >= 11 is 1.49. The number of piperidine rings is 1. The van der Waals surface area contributed by atoms with Crippen molar-refractivity contribution in [3.8, 4) is 0 Å². The van der Waals surface area contributed by atoms with E-state index in [0.717, 1.165) is 48.4 Å². The highest BCUT2D eigenvalue weighted by atomic mass is 32.2. The lowest BCUT2D eigenvalue weighted by Gasteiger charge is -2.34.